The summed E-state index contributed by atoms with van der Waals surface area (Å²) in [5.74, 6) is 5.85. The van der Waals surface area contributed by atoms with E-state index in [-0.39, 0.29) is 29.0 Å². The van der Waals surface area contributed by atoms with Crippen LogP contribution < -0.4 is 15.0 Å². The number of aryl methyl sites for hydroxylation is 2. The fourth-order valence-corrected chi connectivity index (χ4v) is 4.95. The average Bonchev–Trinajstić information content (AvgIpc) is 3.32. The number of benzene rings is 2. The van der Waals surface area contributed by atoms with Crippen LogP contribution in [-0.2, 0) is 9.59 Å². The summed E-state index contributed by atoms with van der Waals surface area (Å²) >= 11 is 0. The molecule has 10 heteroatoms. The molecule has 1 amide bonds. The summed E-state index contributed by atoms with van der Waals surface area (Å²) in [6.45, 7) is 17.8. The van der Waals surface area contributed by atoms with Crippen molar-refractivity contribution in [3.63, 3.8) is 0 Å². The highest BCUT2D eigenvalue weighted by atomic mass is 19.1. The van der Waals surface area contributed by atoms with Gasteiger partial charge in [0.2, 0.25) is 0 Å². The third-order valence-corrected chi connectivity index (χ3v) is 7.52. The third-order valence-electron chi connectivity index (χ3n) is 7.52. The van der Waals surface area contributed by atoms with Gasteiger partial charge in [-0.15, -0.1) is 5.92 Å². The minimum absolute atomic E-state index is 0.0222. The number of carbonyl (C=O) groups excluding carboxylic acids is 3. The Morgan fingerprint density at radius 2 is 1.82 bits per heavy atom. The Labute approximate surface area is 264 Å². The molecular formula is C35H42FN3O6. The van der Waals surface area contributed by atoms with Gasteiger partial charge < -0.3 is 29.2 Å². The number of rotatable bonds is 7. The van der Waals surface area contributed by atoms with Gasteiger partial charge >= 0.3 is 0 Å². The Balaban J connectivity index is 0.00000169. The Morgan fingerprint density at radius 3 is 2.40 bits per heavy atom. The average molecular weight is 620 g/mol. The standard InChI is InChI=1S/C33H38FN3O4.2CH2O/c1-8-10-11-17-40-23-15-16-24(25(34)18-23)31-20(3)26(19-33(6,7)9-2)36-30-27(13-12-14-28(30)38)37(31)32(39)29-21(4)41-22(5)35-29;2*1-2/h12-16,18,31,36,38H,8-9,17,19H2,1-7H3;2*1H2. The number of amides is 1. The maximum absolute atomic E-state index is 16.0. The fraction of sp³-hybridized carbons (Fsp3) is 0.371. The number of anilines is 2. The number of aromatic hydroxyl groups is 1. The van der Waals surface area contributed by atoms with E-state index in [0.717, 1.165) is 17.7 Å². The van der Waals surface area contributed by atoms with E-state index in [2.05, 4.69) is 42.9 Å². The van der Waals surface area contributed by atoms with Crippen LogP contribution in [0.3, 0.4) is 0 Å². The van der Waals surface area contributed by atoms with Crippen LogP contribution >= 0.6 is 0 Å². The van der Waals surface area contributed by atoms with Crippen LogP contribution in [0.5, 0.6) is 11.5 Å². The van der Waals surface area contributed by atoms with Crippen LogP contribution in [0.15, 0.2) is 52.1 Å². The predicted molar refractivity (Wildman–Crippen MR) is 173 cm³/mol. The number of carbonyl (C=O) groups is 3. The number of oxazole rings is 1. The van der Waals surface area contributed by atoms with Crippen molar-refractivity contribution in [2.24, 2.45) is 5.41 Å². The molecular weight excluding hydrogens is 577 g/mol. The number of allylic oxidation sites excluding steroid dienone is 1. The molecule has 1 unspecified atom stereocenters. The number of nitrogens with zero attached hydrogens (tertiary/aromatic N) is 2. The van der Waals surface area contributed by atoms with Crippen molar-refractivity contribution >= 4 is 30.9 Å². The molecule has 0 bridgehead atoms. The molecule has 9 nitrogen and oxygen atoms in total. The zero-order valence-corrected chi connectivity index (χ0v) is 27.0. The van der Waals surface area contributed by atoms with Crippen LogP contribution in [0, 0.1) is 36.9 Å². The Hall–Kier alpha value is -4.91. The highest BCUT2D eigenvalue weighted by molar-refractivity contribution is 6.09. The Bertz CT molecular complexity index is 1580. The van der Waals surface area contributed by atoms with Gasteiger partial charge in [0.15, 0.2) is 11.6 Å². The quantitative estimate of drug-likeness (QED) is 0.206. The number of hydrogen-bond donors (Lipinski definition) is 2. The molecule has 0 fully saturated rings. The predicted octanol–water partition coefficient (Wildman–Crippen LogP) is 7.47. The molecule has 0 saturated carbocycles. The van der Waals surface area contributed by atoms with Crippen molar-refractivity contribution in [1.82, 2.24) is 4.98 Å². The van der Waals surface area contributed by atoms with E-state index in [1.165, 1.54) is 11.0 Å². The van der Waals surface area contributed by atoms with E-state index < -0.39 is 17.8 Å². The van der Waals surface area contributed by atoms with E-state index >= 15 is 4.39 Å². The van der Waals surface area contributed by atoms with Crippen molar-refractivity contribution in [3.8, 4) is 23.3 Å². The molecule has 2 heterocycles. The van der Waals surface area contributed by atoms with Gasteiger partial charge in [-0.1, -0.05) is 46.1 Å². The third kappa shape index (κ3) is 8.38. The zero-order valence-electron chi connectivity index (χ0n) is 27.0. The molecule has 1 aromatic heterocycles. The first-order chi connectivity index (χ1) is 21.5. The summed E-state index contributed by atoms with van der Waals surface area (Å²) in [5, 5.41) is 14.4. The maximum atomic E-state index is 16.0. The summed E-state index contributed by atoms with van der Waals surface area (Å²) in [5.41, 5.74) is 2.63. The molecule has 1 aliphatic heterocycles. The highest BCUT2D eigenvalue weighted by Gasteiger charge is 2.39. The van der Waals surface area contributed by atoms with Gasteiger partial charge in [-0.2, -0.15) is 0 Å². The SMILES string of the molecule is C=O.C=O.CCC#CCOc1ccc(C2C(C)=C(CC(C)(C)CC)Nc3c(O)cccc3N2C(=O)c2nc(C)oc2C)c(F)c1. The van der Waals surface area contributed by atoms with Crippen molar-refractivity contribution in [2.45, 2.75) is 73.8 Å². The lowest BCUT2D eigenvalue weighted by atomic mass is 9.83. The van der Waals surface area contributed by atoms with Crippen molar-refractivity contribution in [1.29, 1.82) is 0 Å². The Kier molecular flexibility index (Phi) is 13.1. The molecule has 240 valence electrons. The first-order valence-electron chi connectivity index (χ1n) is 14.5. The number of hydrogen-bond acceptors (Lipinski definition) is 8. The second-order valence-corrected chi connectivity index (χ2v) is 11.0. The van der Waals surface area contributed by atoms with E-state index in [0.29, 0.717) is 41.6 Å². The fourth-order valence-electron chi connectivity index (χ4n) is 4.95. The number of nitrogens with one attached hydrogen (secondary N) is 1. The number of fused-ring (bicyclic) bond motifs is 1. The van der Waals surface area contributed by atoms with E-state index in [9.17, 15) is 9.90 Å². The normalized spacial score (nSPS) is 13.9. The molecule has 0 radical (unpaired) electrons. The zero-order chi connectivity index (χ0) is 33.9. The molecule has 0 saturated heterocycles. The van der Waals surface area contributed by atoms with Gasteiger partial charge in [0, 0.05) is 30.7 Å². The lowest BCUT2D eigenvalue weighted by molar-refractivity contribution is -0.0987. The number of phenolic OH excluding ortho intramolecular Hbond substituents is 1. The van der Waals surface area contributed by atoms with Crippen LogP contribution in [0.25, 0.3) is 0 Å². The summed E-state index contributed by atoms with van der Waals surface area (Å²) < 4.78 is 27.3. The van der Waals surface area contributed by atoms with Crippen LogP contribution in [0.4, 0.5) is 15.8 Å². The van der Waals surface area contributed by atoms with E-state index in [1.54, 1.807) is 44.2 Å². The molecule has 1 atom stereocenters. The number of para-hydroxylation sites is 1. The molecule has 2 aromatic carbocycles. The topological polar surface area (TPSA) is 122 Å². The lowest BCUT2D eigenvalue weighted by Crippen LogP contribution is -2.36. The minimum atomic E-state index is -0.856. The first kappa shape index (κ1) is 36.3. The van der Waals surface area contributed by atoms with Crippen LogP contribution in [0.1, 0.15) is 87.6 Å². The van der Waals surface area contributed by atoms with Gasteiger partial charge in [-0.25, -0.2) is 9.37 Å². The maximum Gasteiger partial charge on any atom is 0.281 e. The molecule has 3 aromatic rings. The molecule has 0 aliphatic carbocycles. The van der Waals surface area contributed by atoms with Crippen molar-refractivity contribution in [3.05, 3.63) is 76.4 Å². The molecule has 45 heavy (non-hydrogen) atoms. The van der Waals surface area contributed by atoms with Gasteiger partial charge in [0.05, 0.1) is 11.7 Å². The smallest absolute Gasteiger partial charge is 0.281 e. The number of halogens is 1. The second kappa shape index (κ2) is 16.2. The molecule has 2 N–H and O–H groups in total. The van der Waals surface area contributed by atoms with Gasteiger partial charge in [0.1, 0.15) is 48.9 Å². The number of phenols is 1. The Morgan fingerprint density at radius 1 is 1.13 bits per heavy atom. The van der Waals surface area contributed by atoms with Gasteiger partial charge in [-0.05, 0) is 55.5 Å². The molecule has 1 aliphatic rings. The first-order valence-corrected chi connectivity index (χ1v) is 14.5. The van der Waals surface area contributed by atoms with Gasteiger partial charge in [0.25, 0.3) is 5.91 Å². The molecule has 0 spiro atoms. The van der Waals surface area contributed by atoms with E-state index in [4.69, 9.17) is 18.7 Å². The lowest BCUT2D eigenvalue weighted by Gasteiger charge is -2.33. The minimum Gasteiger partial charge on any atom is -0.506 e. The summed E-state index contributed by atoms with van der Waals surface area (Å²) in [6, 6.07) is 8.75. The van der Waals surface area contributed by atoms with Gasteiger partial charge in [-0.3, -0.25) is 9.69 Å². The number of ether oxygens (including phenoxy) is 1. The van der Waals surface area contributed by atoms with Crippen LogP contribution in [-0.4, -0.2) is 36.2 Å². The molecule has 4 rings (SSSR count). The van der Waals surface area contributed by atoms with Crippen molar-refractivity contribution in [2.75, 3.05) is 16.8 Å². The van der Waals surface area contributed by atoms with Crippen LogP contribution in [0.2, 0.25) is 0 Å². The second-order valence-electron chi connectivity index (χ2n) is 11.0. The highest BCUT2D eigenvalue weighted by Crippen LogP contribution is 2.48. The summed E-state index contributed by atoms with van der Waals surface area (Å²) in [6.07, 6.45) is 2.22. The van der Waals surface area contributed by atoms with E-state index in [1.807, 2.05) is 27.4 Å². The summed E-state index contributed by atoms with van der Waals surface area (Å²) in [4.78, 5) is 36.2. The van der Waals surface area contributed by atoms with Crippen molar-refractivity contribution < 1.29 is 33.0 Å². The number of aromatic nitrogens is 1. The monoisotopic (exact) mass is 619 g/mol. The largest absolute Gasteiger partial charge is 0.506 e. The summed E-state index contributed by atoms with van der Waals surface area (Å²) in [7, 11) is 0.